The topological polar surface area (TPSA) is 407 Å². The maximum atomic E-state index is 13.9. The normalized spacial score (nSPS) is 13.2. The van der Waals surface area contributed by atoms with Gasteiger partial charge in [0.15, 0.2) is 0 Å². The van der Waals surface area contributed by atoms with Crippen LogP contribution in [0.5, 0.6) is 0 Å². The molecule has 24 heteroatoms. The molecular formula is C33H60N16O8+2. The van der Waals surface area contributed by atoms with Crippen LogP contribution in [0.1, 0.15) is 64.5 Å². The van der Waals surface area contributed by atoms with Gasteiger partial charge in [0.2, 0.25) is 41.4 Å². The van der Waals surface area contributed by atoms with Crippen LogP contribution in [0.3, 0.4) is 0 Å². The Kier molecular flexibility index (Phi) is 23.3. The van der Waals surface area contributed by atoms with Gasteiger partial charge >= 0.3 is 11.9 Å². The second kappa shape index (κ2) is 27.3. The number of nitrogens with zero attached hydrogens (tertiary/aromatic N) is 1. The Hall–Kier alpha value is -6.33. The van der Waals surface area contributed by atoms with Crippen molar-refractivity contribution in [2.24, 2.45) is 28.7 Å². The second-order valence-electron chi connectivity index (χ2n) is 13.0. The van der Waals surface area contributed by atoms with Crippen molar-refractivity contribution in [1.82, 2.24) is 47.2 Å². The standard InChI is InChI=1S/C33H58N16O8/c1-19(45-27(53)16-43-26(52)14-34)28(54)47-23(8-3-4-10-40-20(2)51)29(55)48-24(9-6-12-42-33(37)38)30(56)49-25(13-22-15-39-18-44-22)31(57)46-21(17-50)7-5-11-41-32(35)36/h15,17-19,21,23-25H,3-14,16,34H2,1-2H3,(H,39,44)(H,40,51)(H,43,52)(H,45,53)(H,46,57)(H,47,54)(H,48,55)(H,49,56)(H4,35,36,41)(H4,37,38,42)/p+2/t19-,21-,23-,24-,25-/m0/s1. The third kappa shape index (κ3) is 22.0. The minimum absolute atomic E-state index is 0.00642. The molecule has 0 spiro atoms. The number of unbranched alkanes of at least 4 members (excludes halogenated alkanes) is 1. The van der Waals surface area contributed by atoms with Gasteiger partial charge in [-0.2, -0.15) is 0 Å². The van der Waals surface area contributed by atoms with Gasteiger partial charge in [-0.15, -0.1) is 0 Å². The SMILES string of the molecule is CC(=O)NCCCC[C@H](NC(=O)[C@H](C)NC(=O)CNC(=O)CN)C(=O)N[C@@H](CCC[NH+]=C(N)N)C(=O)N[C@@H](Cc1cnc[nH]1)C(=O)N[C@H](C=O)CCC[NH+]=C(N)N. The Morgan fingerprint density at radius 2 is 1.30 bits per heavy atom. The number of carbonyl (C=O) groups is 8. The molecule has 20 N–H and O–H groups in total. The van der Waals surface area contributed by atoms with Crippen LogP contribution in [0.25, 0.3) is 0 Å². The van der Waals surface area contributed by atoms with Crippen molar-refractivity contribution >= 4 is 59.6 Å². The van der Waals surface area contributed by atoms with E-state index in [1.807, 2.05) is 0 Å². The Morgan fingerprint density at radius 1 is 0.737 bits per heavy atom. The zero-order chi connectivity index (χ0) is 42.8. The Labute approximate surface area is 329 Å². The number of H-pyrrole nitrogens is 1. The maximum Gasteiger partial charge on any atom is 0.338 e. The van der Waals surface area contributed by atoms with Crippen molar-refractivity contribution in [2.75, 3.05) is 32.7 Å². The van der Waals surface area contributed by atoms with Crippen LogP contribution in [-0.2, 0) is 44.8 Å². The van der Waals surface area contributed by atoms with Gasteiger partial charge < -0.3 is 52.7 Å². The third-order valence-corrected chi connectivity index (χ3v) is 8.09. The molecule has 0 aliphatic rings. The molecule has 0 bridgehead atoms. The van der Waals surface area contributed by atoms with Crippen LogP contribution in [0.2, 0.25) is 0 Å². The Bertz CT molecular complexity index is 1530. The lowest BCUT2D eigenvalue weighted by molar-refractivity contribution is -0.460. The molecule has 7 amide bonds. The monoisotopic (exact) mass is 808 g/mol. The molecule has 0 aliphatic carbocycles. The first-order valence-electron chi connectivity index (χ1n) is 18.4. The number of carbonyl (C=O) groups excluding carboxylic acids is 8. The van der Waals surface area contributed by atoms with Gasteiger partial charge in [-0.1, -0.05) is 0 Å². The molecule has 318 valence electrons. The molecule has 0 aromatic carbocycles. The molecule has 1 heterocycles. The highest BCUT2D eigenvalue weighted by Gasteiger charge is 2.31. The molecule has 0 radical (unpaired) electrons. The van der Waals surface area contributed by atoms with Crippen molar-refractivity contribution in [3.63, 3.8) is 0 Å². The summed E-state index contributed by atoms with van der Waals surface area (Å²) in [6, 6.07) is -5.77. The van der Waals surface area contributed by atoms with E-state index in [0.29, 0.717) is 44.3 Å². The summed E-state index contributed by atoms with van der Waals surface area (Å²) in [5, 5.41) is 17.9. The molecule has 0 unspecified atom stereocenters. The van der Waals surface area contributed by atoms with Gasteiger partial charge in [-0.25, -0.2) is 4.98 Å². The number of amides is 7. The molecule has 57 heavy (non-hydrogen) atoms. The highest BCUT2D eigenvalue weighted by atomic mass is 16.2. The number of hydrogen-bond acceptors (Lipinski definition) is 10. The lowest BCUT2D eigenvalue weighted by atomic mass is 10.0. The van der Waals surface area contributed by atoms with E-state index in [2.05, 4.69) is 57.2 Å². The zero-order valence-corrected chi connectivity index (χ0v) is 32.4. The second-order valence-corrected chi connectivity index (χ2v) is 13.0. The fraction of sp³-hybridized carbons (Fsp3) is 0.606. The molecule has 0 saturated carbocycles. The highest BCUT2D eigenvalue weighted by molar-refractivity contribution is 5.96. The fourth-order valence-electron chi connectivity index (χ4n) is 5.10. The molecular weight excluding hydrogens is 748 g/mol. The number of guanidine groups is 2. The van der Waals surface area contributed by atoms with Crippen molar-refractivity contribution < 1.29 is 48.3 Å². The molecule has 5 atom stereocenters. The number of imidazole rings is 1. The van der Waals surface area contributed by atoms with Crippen LogP contribution < -0.4 is 75.9 Å². The third-order valence-electron chi connectivity index (χ3n) is 8.09. The lowest BCUT2D eigenvalue weighted by Gasteiger charge is -2.26. The van der Waals surface area contributed by atoms with E-state index >= 15 is 0 Å². The highest BCUT2D eigenvalue weighted by Crippen LogP contribution is 2.07. The van der Waals surface area contributed by atoms with E-state index < -0.39 is 72.2 Å². The van der Waals surface area contributed by atoms with Crippen molar-refractivity contribution in [3.05, 3.63) is 18.2 Å². The van der Waals surface area contributed by atoms with Gasteiger partial charge in [0.05, 0.1) is 38.5 Å². The van der Waals surface area contributed by atoms with E-state index in [1.165, 1.54) is 26.4 Å². The van der Waals surface area contributed by atoms with Crippen LogP contribution in [0.15, 0.2) is 12.5 Å². The average molecular weight is 809 g/mol. The molecule has 1 aromatic rings. The molecule has 0 saturated heterocycles. The number of rotatable bonds is 28. The Morgan fingerprint density at radius 3 is 1.84 bits per heavy atom. The minimum Gasteiger partial charge on any atom is -0.356 e. The van der Waals surface area contributed by atoms with E-state index in [0.717, 1.165) is 0 Å². The summed E-state index contributed by atoms with van der Waals surface area (Å²) in [5.74, 6) is -4.50. The summed E-state index contributed by atoms with van der Waals surface area (Å²) in [7, 11) is 0. The first kappa shape index (κ1) is 48.7. The molecule has 24 nitrogen and oxygen atoms in total. The summed E-state index contributed by atoms with van der Waals surface area (Å²) < 4.78 is 0. The van der Waals surface area contributed by atoms with E-state index in [4.69, 9.17) is 28.7 Å². The number of aldehydes is 1. The van der Waals surface area contributed by atoms with Crippen LogP contribution in [0, 0.1) is 0 Å². The smallest absolute Gasteiger partial charge is 0.338 e. The zero-order valence-electron chi connectivity index (χ0n) is 32.4. The number of aromatic amines is 1. The van der Waals surface area contributed by atoms with Crippen molar-refractivity contribution in [1.29, 1.82) is 0 Å². The molecule has 0 fully saturated rings. The predicted molar refractivity (Wildman–Crippen MR) is 205 cm³/mol. The molecule has 1 rings (SSSR count). The summed E-state index contributed by atoms with van der Waals surface area (Å²) in [6.07, 6.45) is 5.17. The van der Waals surface area contributed by atoms with Gasteiger partial charge in [0.25, 0.3) is 0 Å². The van der Waals surface area contributed by atoms with E-state index in [9.17, 15) is 38.4 Å². The average Bonchev–Trinajstić information content (AvgIpc) is 3.67. The van der Waals surface area contributed by atoms with Gasteiger partial charge in [0.1, 0.15) is 30.5 Å². The summed E-state index contributed by atoms with van der Waals surface area (Å²) >= 11 is 0. The Balaban J connectivity index is 3.28. The minimum atomic E-state index is -1.26. The predicted octanol–water partition coefficient (Wildman–Crippen LogP) is -9.76. The summed E-state index contributed by atoms with van der Waals surface area (Å²) in [5.41, 5.74) is 27.5. The lowest BCUT2D eigenvalue weighted by Crippen LogP contribution is -2.78. The quantitative estimate of drug-likeness (QED) is 0.0162. The first-order valence-corrected chi connectivity index (χ1v) is 18.4. The summed E-state index contributed by atoms with van der Waals surface area (Å²) in [4.78, 5) is 114. The summed E-state index contributed by atoms with van der Waals surface area (Å²) in [6.45, 7) is 2.83. The largest absolute Gasteiger partial charge is 0.356 e. The first-order chi connectivity index (χ1) is 27.1. The van der Waals surface area contributed by atoms with Crippen LogP contribution in [-0.4, -0.2) is 132 Å². The maximum absolute atomic E-state index is 13.9. The molecule has 0 aliphatic heterocycles. The fourth-order valence-corrected chi connectivity index (χ4v) is 5.10. The number of nitrogens with one attached hydrogen (secondary N) is 10. The van der Waals surface area contributed by atoms with E-state index in [1.54, 1.807) is 0 Å². The van der Waals surface area contributed by atoms with Gasteiger partial charge in [0, 0.05) is 31.8 Å². The molecule has 1 aromatic heterocycles. The van der Waals surface area contributed by atoms with E-state index in [-0.39, 0.29) is 63.0 Å². The van der Waals surface area contributed by atoms with Gasteiger partial charge in [-0.3, -0.25) is 66.5 Å². The van der Waals surface area contributed by atoms with Crippen LogP contribution in [0.4, 0.5) is 0 Å². The van der Waals surface area contributed by atoms with Crippen LogP contribution >= 0.6 is 0 Å². The number of nitrogens with two attached hydrogens (primary N) is 5. The number of hydrogen-bond donors (Lipinski definition) is 15. The van der Waals surface area contributed by atoms with Crippen molar-refractivity contribution in [3.8, 4) is 0 Å². The van der Waals surface area contributed by atoms with Gasteiger partial charge in [-0.05, 0) is 51.9 Å². The number of aromatic nitrogens is 2. The van der Waals surface area contributed by atoms with Crippen molar-refractivity contribution in [2.45, 2.75) is 95.4 Å².